The molecule has 42 heavy (non-hydrogen) atoms. The zero-order valence-electron chi connectivity index (χ0n) is 22.9. The average molecular weight is 588 g/mol. The maximum absolute atomic E-state index is 14.1. The van der Waals surface area contributed by atoms with Crippen LogP contribution in [0, 0.1) is 11.6 Å². The number of carbonyl (C=O) groups excluding carboxylic acids is 2. The van der Waals surface area contributed by atoms with Crippen LogP contribution in [0.2, 0.25) is 0 Å². The number of nitrogens with one attached hydrogen (secondary N) is 1. The first-order chi connectivity index (χ1) is 19.9. The molecule has 1 atom stereocenters. The van der Waals surface area contributed by atoms with Crippen LogP contribution >= 0.6 is 0 Å². The molecule has 3 aromatic carbocycles. The van der Waals surface area contributed by atoms with Crippen LogP contribution in [0.15, 0.2) is 66.7 Å². The predicted octanol–water partition coefficient (Wildman–Crippen LogP) is 6.67. The first-order valence-corrected chi connectivity index (χ1v) is 13.6. The van der Waals surface area contributed by atoms with Gasteiger partial charge in [-0.25, -0.2) is 13.6 Å². The fraction of sp³-hybridized carbons (Fsp3) is 0.355. The highest BCUT2D eigenvalue weighted by molar-refractivity contribution is 5.89. The minimum Gasteiger partial charge on any atom is -0.438 e. The van der Waals surface area contributed by atoms with E-state index in [4.69, 9.17) is 4.74 Å². The quantitative estimate of drug-likeness (QED) is 0.314. The lowest BCUT2D eigenvalue weighted by Gasteiger charge is -2.44. The van der Waals surface area contributed by atoms with E-state index < -0.39 is 41.0 Å². The summed E-state index contributed by atoms with van der Waals surface area (Å²) in [6, 6.07) is 14.6. The van der Waals surface area contributed by atoms with E-state index in [1.807, 2.05) is 0 Å². The van der Waals surface area contributed by atoms with E-state index in [2.05, 4.69) is 10.2 Å². The van der Waals surface area contributed by atoms with Gasteiger partial charge in [0.25, 0.3) is 0 Å². The Morgan fingerprint density at radius 3 is 2.29 bits per heavy atom. The topological polar surface area (TPSA) is 61.9 Å². The third-order valence-corrected chi connectivity index (χ3v) is 8.04. The molecule has 0 bridgehead atoms. The number of halogens is 5. The van der Waals surface area contributed by atoms with Crippen molar-refractivity contribution >= 4 is 17.7 Å². The SMILES string of the molecule is CN(Cc1ccc(C(F)(F)F)cc1)C(=O)C(CCN1CCC2(CC1)OC(=O)Nc1ccc(F)cc12)c1ccc(F)cc1. The van der Waals surface area contributed by atoms with Crippen molar-refractivity contribution < 1.29 is 36.3 Å². The molecule has 1 N–H and O–H groups in total. The highest BCUT2D eigenvalue weighted by Gasteiger charge is 2.44. The molecule has 1 fully saturated rings. The van der Waals surface area contributed by atoms with Crippen LogP contribution in [0.25, 0.3) is 0 Å². The van der Waals surface area contributed by atoms with Gasteiger partial charge in [-0.2, -0.15) is 13.2 Å². The Morgan fingerprint density at radius 1 is 1.00 bits per heavy atom. The standard InChI is InChI=1S/C31H30F5N3O3/c1-38(19-20-2-6-22(7-3-20)31(34,35)36)28(40)25(21-4-8-23(32)9-5-21)12-15-39-16-13-30(14-17-39)26-18-24(33)10-11-27(26)37-29(41)42-30/h2-11,18,25H,12-17,19H2,1H3,(H,37,41). The molecule has 222 valence electrons. The number of alkyl halides is 3. The number of likely N-dealkylation sites (tertiary alicyclic amines) is 1. The van der Waals surface area contributed by atoms with Crippen molar-refractivity contribution in [2.24, 2.45) is 0 Å². The van der Waals surface area contributed by atoms with Gasteiger partial charge in [0.2, 0.25) is 5.91 Å². The number of fused-ring (bicyclic) bond motifs is 2. The predicted molar refractivity (Wildman–Crippen MR) is 146 cm³/mol. The van der Waals surface area contributed by atoms with Gasteiger partial charge >= 0.3 is 12.3 Å². The summed E-state index contributed by atoms with van der Waals surface area (Å²) >= 11 is 0. The van der Waals surface area contributed by atoms with Gasteiger partial charge in [0.05, 0.1) is 17.2 Å². The van der Waals surface area contributed by atoms with E-state index in [1.54, 1.807) is 19.2 Å². The molecule has 3 aromatic rings. The highest BCUT2D eigenvalue weighted by Crippen LogP contribution is 2.44. The van der Waals surface area contributed by atoms with Gasteiger partial charge in [0.1, 0.15) is 17.2 Å². The van der Waals surface area contributed by atoms with Crippen molar-refractivity contribution in [3.05, 3.63) is 101 Å². The van der Waals surface area contributed by atoms with Crippen LogP contribution in [0.1, 0.15) is 47.4 Å². The van der Waals surface area contributed by atoms with Gasteiger partial charge in [-0.1, -0.05) is 24.3 Å². The maximum Gasteiger partial charge on any atom is 0.416 e. The van der Waals surface area contributed by atoms with E-state index >= 15 is 0 Å². The first-order valence-electron chi connectivity index (χ1n) is 13.6. The maximum atomic E-state index is 14.1. The van der Waals surface area contributed by atoms with Gasteiger partial charge in [0, 0.05) is 45.1 Å². The number of carbonyl (C=O) groups is 2. The second-order valence-corrected chi connectivity index (χ2v) is 10.8. The lowest BCUT2D eigenvalue weighted by molar-refractivity contribution is -0.137. The summed E-state index contributed by atoms with van der Waals surface area (Å²) in [6.07, 6.45) is -3.74. The van der Waals surface area contributed by atoms with E-state index in [9.17, 15) is 31.5 Å². The van der Waals surface area contributed by atoms with Crippen LogP contribution in [0.5, 0.6) is 0 Å². The minimum atomic E-state index is -4.45. The molecule has 1 saturated heterocycles. The summed E-state index contributed by atoms with van der Waals surface area (Å²) in [5.41, 5.74) is 0.604. The van der Waals surface area contributed by atoms with Gasteiger partial charge in [-0.05, 0) is 66.6 Å². The number of hydrogen-bond donors (Lipinski definition) is 1. The third kappa shape index (κ3) is 6.41. The van der Waals surface area contributed by atoms with Gasteiger partial charge in [-0.3, -0.25) is 10.1 Å². The molecule has 0 aromatic heterocycles. The molecule has 2 amide bonds. The number of hydrogen-bond acceptors (Lipinski definition) is 4. The summed E-state index contributed by atoms with van der Waals surface area (Å²) in [4.78, 5) is 29.4. The Balaban J connectivity index is 1.26. The summed E-state index contributed by atoms with van der Waals surface area (Å²) in [6.45, 7) is 1.69. The van der Waals surface area contributed by atoms with Crippen molar-refractivity contribution in [1.82, 2.24) is 9.80 Å². The zero-order chi connectivity index (χ0) is 30.1. The molecule has 2 aliphatic rings. The Kier molecular flexibility index (Phi) is 8.23. The number of piperidine rings is 1. The molecule has 0 saturated carbocycles. The monoisotopic (exact) mass is 587 g/mol. The fourth-order valence-corrected chi connectivity index (χ4v) is 5.74. The molecular weight excluding hydrogens is 557 g/mol. The van der Waals surface area contributed by atoms with Crippen molar-refractivity contribution in [2.45, 2.75) is 43.5 Å². The second-order valence-electron chi connectivity index (χ2n) is 10.8. The van der Waals surface area contributed by atoms with Gasteiger partial charge in [-0.15, -0.1) is 0 Å². The molecule has 1 spiro atoms. The number of likely N-dealkylation sites (N-methyl/N-ethyl adjacent to an activating group) is 1. The normalized spacial score (nSPS) is 17.2. The number of rotatable bonds is 7. The van der Waals surface area contributed by atoms with Crippen LogP contribution in [0.4, 0.5) is 32.4 Å². The van der Waals surface area contributed by atoms with E-state index in [0.29, 0.717) is 61.3 Å². The number of benzene rings is 3. The third-order valence-electron chi connectivity index (χ3n) is 8.04. The van der Waals surface area contributed by atoms with Crippen molar-refractivity contribution in [3.8, 4) is 0 Å². The van der Waals surface area contributed by atoms with E-state index in [1.165, 1.54) is 47.4 Å². The smallest absolute Gasteiger partial charge is 0.416 e. The molecule has 0 aliphatic carbocycles. The summed E-state index contributed by atoms with van der Waals surface area (Å²) in [5.74, 6) is -1.71. The molecule has 1 unspecified atom stereocenters. The largest absolute Gasteiger partial charge is 0.438 e. The van der Waals surface area contributed by atoms with Crippen LogP contribution < -0.4 is 5.32 Å². The Bertz CT molecular complexity index is 1440. The Morgan fingerprint density at radius 2 is 1.64 bits per heavy atom. The number of nitrogens with zero attached hydrogens (tertiary/aromatic N) is 2. The molecule has 2 heterocycles. The van der Waals surface area contributed by atoms with Gasteiger partial charge < -0.3 is 14.5 Å². The van der Waals surface area contributed by atoms with Crippen LogP contribution in [-0.2, 0) is 27.9 Å². The molecular formula is C31H30F5N3O3. The highest BCUT2D eigenvalue weighted by atomic mass is 19.4. The first kappa shape index (κ1) is 29.5. The fourth-order valence-electron chi connectivity index (χ4n) is 5.74. The van der Waals surface area contributed by atoms with Crippen molar-refractivity contribution in [3.63, 3.8) is 0 Å². The van der Waals surface area contributed by atoms with Gasteiger partial charge in [0.15, 0.2) is 0 Å². The summed E-state index contributed by atoms with van der Waals surface area (Å²) in [5, 5.41) is 2.62. The molecule has 5 rings (SSSR count). The lowest BCUT2D eigenvalue weighted by Crippen LogP contribution is -2.48. The lowest BCUT2D eigenvalue weighted by atomic mass is 9.82. The second kappa shape index (κ2) is 11.7. The molecule has 0 radical (unpaired) electrons. The van der Waals surface area contributed by atoms with Crippen molar-refractivity contribution in [2.75, 3.05) is 32.0 Å². The Hall–Kier alpha value is -3.99. The van der Waals surface area contributed by atoms with Crippen molar-refractivity contribution in [1.29, 1.82) is 0 Å². The molecule has 6 nitrogen and oxygen atoms in total. The molecule has 2 aliphatic heterocycles. The number of anilines is 1. The number of ether oxygens (including phenoxy) is 1. The average Bonchev–Trinajstić information content (AvgIpc) is 2.95. The molecule has 11 heteroatoms. The van der Waals surface area contributed by atoms with Crippen LogP contribution in [-0.4, -0.2) is 48.5 Å². The van der Waals surface area contributed by atoms with Crippen LogP contribution in [0.3, 0.4) is 0 Å². The Labute approximate surface area is 240 Å². The summed E-state index contributed by atoms with van der Waals surface area (Å²) in [7, 11) is 1.59. The number of amides is 2. The summed E-state index contributed by atoms with van der Waals surface area (Å²) < 4.78 is 72.3. The minimum absolute atomic E-state index is 0.107. The van der Waals surface area contributed by atoms with E-state index in [-0.39, 0.29) is 12.5 Å². The zero-order valence-corrected chi connectivity index (χ0v) is 22.9. The van der Waals surface area contributed by atoms with E-state index in [0.717, 1.165) is 12.1 Å².